The second-order valence-corrected chi connectivity index (χ2v) is 1.50. The average Bonchev–Trinajstić information content (AvgIpc) is 1.25. The first kappa shape index (κ1) is 29.6. The maximum Gasteiger partial charge on any atom is 4.00 e. The zero-order valence-electron chi connectivity index (χ0n) is 5.23. The minimum Gasteiger partial charge on any atom is -0.672 e. The van der Waals surface area contributed by atoms with Crippen molar-refractivity contribution in [1.82, 2.24) is 0 Å². The summed E-state index contributed by atoms with van der Waals surface area (Å²) in [6, 6.07) is 0. The number of rotatable bonds is 0. The molecule has 0 aliphatic rings. The molecule has 11 heteroatoms. The van der Waals surface area contributed by atoms with E-state index < -0.39 is 18.3 Å². The predicted octanol–water partition coefficient (Wildman–Crippen LogP) is -6.08. The molecule has 59 valence electrons. The summed E-state index contributed by atoms with van der Waals surface area (Å²) >= 11 is 0. The summed E-state index contributed by atoms with van der Waals surface area (Å²) in [5.74, 6) is 0. The van der Waals surface area contributed by atoms with Crippen LogP contribution >= 0.6 is 9.90 Å². The van der Waals surface area contributed by atoms with Crippen molar-refractivity contribution in [3.63, 3.8) is 0 Å². The van der Waals surface area contributed by atoms with Gasteiger partial charge in [-0.1, -0.05) is 0 Å². The van der Waals surface area contributed by atoms with Gasteiger partial charge in [0, 0.05) is 35.7 Å². The van der Waals surface area contributed by atoms with Gasteiger partial charge in [-0.2, -0.15) is 9.90 Å². The van der Waals surface area contributed by atoms with E-state index in [9.17, 15) is 0 Å². The Kier molecular flexibility index (Phi) is 60.4. The van der Waals surface area contributed by atoms with E-state index in [2.05, 4.69) is 0 Å². The Morgan fingerprint density at radius 3 is 0.818 bits per heavy atom. The van der Waals surface area contributed by atoms with Gasteiger partial charge in [0.25, 0.3) is 0 Å². The van der Waals surface area contributed by atoms with Crippen molar-refractivity contribution >= 4 is 45.6 Å². The molecule has 0 saturated heterocycles. The van der Waals surface area contributed by atoms with Crippen molar-refractivity contribution in [1.29, 1.82) is 0 Å². The van der Waals surface area contributed by atoms with Crippen LogP contribution in [0.1, 0.15) is 0 Å². The van der Waals surface area contributed by atoms with E-state index in [0.717, 1.165) is 0 Å². The topological polar surface area (TPSA) is 126 Å². The monoisotopic (exact) mass is 303 g/mol. The summed E-state index contributed by atoms with van der Waals surface area (Å²) in [6.45, 7) is 0. The van der Waals surface area contributed by atoms with Gasteiger partial charge in [0.15, 0.2) is 0 Å². The van der Waals surface area contributed by atoms with Gasteiger partial charge in [0.2, 0.25) is 0 Å². The molecule has 0 N–H and O–H groups in total. The SMILES string of the molecule is O=[Si]([O-])[O-].O=[Si]([O-])[O-].P.[Al].[Zr+4]. The van der Waals surface area contributed by atoms with E-state index in [1.165, 1.54) is 0 Å². The van der Waals surface area contributed by atoms with E-state index in [4.69, 9.17) is 28.1 Å². The molecule has 0 amide bonds. The molecule has 0 aliphatic carbocycles. The molecule has 6 nitrogen and oxygen atoms in total. The van der Waals surface area contributed by atoms with Crippen molar-refractivity contribution < 1.29 is 54.3 Å². The van der Waals surface area contributed by atoms with Gasteiger partial charge >= 0.3 is 26.2 Å². The Balaban J connectivity index is -0.0000000171. The summed E-state index contributed by atoms with van der Waals surface area (Å²) < 4.78 is 17.0. The third-order valence-corrected chi connectivity index (χ3v) is 0. The molecule has 0 heterocycles. The fourth-order valence-electron chi connectivity index (χ4n) is 0. The van der Waals surface area contributed by atoms with Crippen molar-refractivity contribution in [3.8, 4) is 0 Å². The van der Waals surface area contributed by atoms with Gasteiger partial charge in [-0.25, -0.2) is 0 Å². The third kappa shape index (κ3) is 784. The van der Waals surface area contributed by atoms with Gasteiger partial charge in [0.1, 0.15) is 0 Å². The minimum atomic E-state index is -3.63. The average molecular weight is 304 g/mol. The molecule has 1 unspecified atom stereocenters. The number of hydrogen-bond donors (Lipinski definition) is 0. The molecule has 0 aromatic heterocycles. The Hall–Kier alpha value is 1.08. The molecular formula is H3AlO6PSi2Zr. The molecule has 0 saturated carbocycles. The van der Waals surface area contributed by atoms with Crippen LogP contribution in [-0.4, -0.2) is 35.7 Å². The first-order valence-corrected chi connectivity index (χ1v) is 3.67. The van der Waals surface area contributed by atoms with Crippen LogP contribution in [0.25, 0.3) is 0 Å². The smallest absolute Gasteiger partial charge is 0.672 e. The van der Waals surface area contributed by atoms with Gasteiger partial charge in [-0.3, -0.25) is 0 Å². The van der Waals surface area contributed by atoms with E-state index in [1.54, 1.807) is 0 Å². The molecule has 0 aromatic rings. The largest absolute Gasteiger partial charge is 4.00 e. The Morgan fingerprint density at radius 2 is 0.818 bits per heavy atom. The van der Waals surface area contributed by atoms with Crippen molar-refractivity contribution in [2.45, 2.75) is 0 Å². The fourth-order valence-corrected chi connectivity index (χ4v) is 0. The molecule has 0 aromatic carbocycles. The van der Waals surface area contributed by atoms with Crippen LogP contribution in [0, 0.1) is 0 Å². The molecule has 11 heavy (non-hydrogen) atoms. The predicted molar refractivity (Wildman–Crippen MR) is 29.7 cm³/mol. The van der Waals surface area contributed by atoms with Gasteiger partial charge in [-0.05, 0) is 0 Å². The fraction of sp³-hybridized carbons (Fsp3) is 0. The Morgan fingerprint density at radius 1 is 0.818 bits per heavy atom. The van der Waals surface area contributed by atoms with Crippen LogP contribution in [0.15, 0.2) is 0 Å². The van der Waals surface area contributed by atoms with Crippen molar-refractivity contribution in [2.24, 2.45) is 0 Å². The van der Waals surface area contributed by atoms with Gasteiger partial charge < -0.3 is 28.1 Å². The maximum absolute atomic E-state index is 8.52. The van der Waals surface area contributed by atoms with Crippen LogP contribution in [0.5, 0.6) is 0 Å². The van der Waals surface area contributed by atoms with Crippen LogP contribution in [0.2, 0.25) is 0 Å². The van der Waals surface area contributed by atoms with E-state index in [0.29, 0.717) is 0 Å². The zero-order valence-corrected chi connectivity index (χ0v) is 12.3. The molecule has 0 bridgehead atoms. The summed E-state index contributed by atoms with van der Waals surface area (Å²) in [7, 11) is -7.26. The van der Waals surface area contributed by atoms with Crippen LogP contribution in [0.4, 0.5) is 0 Å². The summed E-state index contributed by atoms with van der Waals surface area (Å²) in [4.78, 5) is 34.1. The molecule has 1 atom stereocenters. The van der Waals surface area contributed by atoms with Crippen LogP contribution in [-0.2, 0) is 35.1 Å². The molecular weight excluding hydrogens is 301 g/mol. The summed E-state index contributed by atoms with van der Waals surface area (Å²) in [5.41, 5.74) is 0. The van der Waals surface area contributed by atoms with E-state index in [-0.39, 0.29) is 53.5 Å². The summed E-state index contributed by atoms with van der Waals surface area (Å²) in [5, 5.41) is 0. The van der Waals surface area contributed by atoms with E-state index in [1.807, 2.05) is 0 Å². The van der Waals surface area contributed by atoms with Crippen molar-refractivity contribution in [2.75, 3.05) is 0 Å². The first-order valence-electron chi connectivity index (χ1n) is 1.22. The van der Waals surface area contributed by atoms with Gasteiger partial charge in [-0.15, -0.1) is 0 Å². The zero-order chi connectivity index (χ0) is 7.15. The van der Waals surface area contributed by atoms with Gasteiger partial charge in [0.05, 0.1) is 0 Å². The quantitative estimate of drug-likeness (QED) is 0.324. The third-order valence-electron chi connectivity index (χ3n) is 0. The van der Waals surface area contributed by atoms with Crippen molar-refractivity contribution in [3.05, 3.63) is 0 Å². The Bertz CT molecular complexity index is 78.6. The first-order chi connectivity index (χ1) is 3.46. The molecule has 3 radical (unpaired) electrons. The summed E-state index contributed by atoms with van der Waals surface area (Å²) in [6.07, 6.45) is 0. The van der Waals surface area contributed by atoms with Crippen LogP contribution < -0.4 is 19.2 Å². The van der Waals surface area contributed by atoms with Crippen LogP contribution in [0.3, 0.4) is 0 Å². The molecule has 0 aliphatic heterocycles. The normalized spacial score (nSPS) is 4.36. The molecule has 0 rings (SSSR count). The maximum atomic E-state index is 8.52. The second-order valence-electron chi connectivity index (χ2n) is 0.500. The molecule has 0 spiro atoms. The van der Waals surface area contributed by atoms with E-state index >= 15 is 0 Å². The Labute approximate surface area is 99.3 Å². The molecule has 0 fully saturated rings. The standard InChI is InChI=1S/Al.2O3Si.H3P.Zr/c;2*1-4(2)3;;/h;;;1H3;/q;2*-2;;+4. The second kappa shape index (κ2) is 22.5. The minimum absolute atomic E-state index is 0. The number of hydrogen-bond acceptors (Lipinski definition) is 6.